The second-order valence-electron chi connectivity index (χ2n) is 5.02. The zero-order valence-electron chi connectivity index (χ0n) is 11.7. The Morgan fingerprint density at radius 1 is 1.57 bits per heavy atom. The Balaban J connectivity index is 1.68. The Morgan fingerprint density at radius 3 is 3.10 bits per heavy atom. The van der Waals surface area contributed by atoms with Gasteiger partial charge in [0.25, 0.3) is 0 Å². The number of aromatic nitrogens is 3. The number of ether oxygens (including phenoxy) is 1. The van der Waals surface area contributed by atoms with Crippen LogP contribution in [0.4, 0.5) is 0 Å². The summed E-state index contributed by atoms with van der Waals surface area (Å²) in [5.41, 5.74) is 0.619. The number of nitrogens with zero attached hydrogens (tertiary/aromatic N) is 2. The SMILES string of the molecule is COc1cccc([C@H](O)CSc2n[nH]c(=O)n2C2CC2)c1. The summed E-state index contributed by atoms with van der Waals surface area (Å²) < 4.78 is 6.83. The first-order valence-electron chi connectivity index (χ1n) is 6.80. The van der Waals surface area contributed by atoms with E-state index in [4.69, 9.17) is 4.74 Å². The van der Waals surface area contributed by atoms with Gasteiger partial charge in [0.1, 0.15) is 5.75 Å². The van der Waals surface area contributed by atoms with Gasteiger partial charge < -0.3 is 9.84 Å². The molecule has 0 radical (unpaired) electrons. The van der Waals surface area contributed by atoms with Crippen molar-refractivity contribution in [1.82, 2.24) is 14.8 Å². The highest BCUT2D eigenvalue weighted by Gasteiger charge is 2.28. The van der Waals surface area contributed by atoms with Crippen LogP contribution in [0.3, 0.4) is 0 Å². The summed E-state index contributed by atoms with van der Waals surface area (Å²) in [5, 5.41) is 17.4. The fourth-order valence-electron chi connectivity index (χ4n) is 2.15. The summed E-state index contributed by atoms with van der Waals surface area (Å²) in [4.78, 5) is 11.7. The predicted molar refractivity (Wildman–Crippen MR) is 79.8 cm³/mol. The number of aromatic amines is 1. The van der Waals surface area contributed by atoms with Gasteiger partial charge in [0.15, 0.2) is 5.16 Å². The van der Waals surface area contributed by atoms with Gasteiger partial charge in [-0.3, -0.25) is 4.57 Å². The summed E-state index contributed by atoms with van der Waals surface area (Å²) in [6, 6.07) is 7.61. The van der Waals surface area contributed by atoms with E-state index in [-0.39, 0.29) is 11.7 Å². The molecule has 1 aliphatic carbocycles. The van der Waals surface area contributed by atoms with Gasteiger partial charge >= 0.3 is 5.69 Å². The Labute approximate surface area is 126 Å². The molecule has 21 heavy (non-hydrogen) atoms. The molecule has 0 amide bonds. The molecule has 1 aromatic heterocycles. The van der Waals surface area contributed by atoms with Crippen molar-refractivity contribution < 1.29 is 9.84 Å². The van der Waals surface area contributed by atoms with Crippen molar-refractivity contribution in [2.75, 3.05) is 12.9 Å². The standard InChI is InChI=1S/C14H17N3O3S/c1-20-11-4-2-3-9(7-11)12(18)8-21-14-16-15-13(19)17(14)10-5-6-10/h2-4,7,10,12,18H,5-6,8H2,1H3,(H,15,19)/t12-/m1/s1. The lowest BCUT2D eigenvalue weighted by atomic mass is 10.1. The van der Waals surface area contributed by atoms with Crippen molar-refractivity contribution in [3.05, 3.63) is 40.3 Å². The topological polar surface area (TPSA) is 80.1 Å². The third-order valence-corrected chi connectivity index (χ3v) is 4.46. The summed E-state index contributed by atoms with van der Waals surface area (Å²) in [6.07, 6.45) is 1.40. The smallest absolute Gasteiger partial charge is 0.344 e. The van der Waals surface area contributed by atoms with Gasteiger partial charge in [0.2, 0.25) is 0 Å². The normalized spacial score (nSPS) is 15.9. The highest BCUT2D eigenvalue weighted by atomic mass is 32.2. The summed E-state index contributed by atoms with van der Waals surface area (Å²) in [6.45, 7) is 0. The molecule has 1 atom stereocenters. The molecule has 1 heterocycles. The fourth-order valence-corrected chi connectivity index (χ4v) is 3.13. The van der Waals surface area contributed by atoms with Crippen molar-refractivity contribution >= 4 is 11.8 Å². The first kappa shape index (κ1) is 14.2. The van der Waals surface area contributed by atoms with Crippen LogP contribution in [0, 0.1) is 0 Å². The Hall–Kier alpha value is -1.73. The number of aliphatic hydroxyl groups excluding tert-OH is 1. The number of thioether (sulfide) groups is 1. The van der Waals surface area contributed by atoms with Crippen LogP contribution in [0.1, 0.15) is 30.6 Å². The number of rotatable bonds is 6. The molecule has 1 aromatic carbocycles. The number of nitrogens with one attached hydrogen (secondary N) is 1. The minimum Gasteiger partial charge on any atom is -0.497 e. The number of hydrogen-bond acceptors (Lipinski definition) is 5. The quantitative estimate of drug-likeness (QED) is 0.795. The molecular formula is C14H17N3O3S. The van der Waals surface area contributed by atoms with Crippen LogP contribution in [0.15, 0.2) is 34.2 Å². The third-order valence-electron chi connectivity index (χ3n) is 3.43. The Bertz CT molecular complexity index is 678. The van der Waals surface area contributed by atoms with Gasteiger partial charge in [-0.1, -0.05) is 23.9 Å². The zero-order valence-corrected chi connectivity index (χ0v) is 12.5. The largest absolute Gasteiger partial charge is 0.497 e. The molecule has 2 aromatic rings. The van der Waals surface area contributed by atoms with Gasteiger partial charge in [-0.25, -0.2) is 9.89 Å². The number of benzene rings is 1. The minimum atomic E-state index is -0.635. The van der Waals surface area contributed by atoms with Gasteiger partial charge in [0.05, 0.1) is 13.2 Å². The van der Waals surface area contributed by atoms with E-state index < -0.39 is 6.10 Å². The van der Waals surface area contributed by atoms with E-state index in [1.807, 2.05) is 24.3 Å². The van der Waals surface area contributed by atoms with E-state index in [1.54, 1.807) is 11.7 Å². The Morgan fingerprint density at radius 2 is 2.38 bits per heavy atom. The molecule has 0 bridgehead atoms. The maximum Gasteiger partial charge on any atom is 0.344 e. The molecule has 0 saturated heterocycles. The van der Waals surface area contributed by atoms with E-state index in [2.05, 4.69) is 10.2 Å². The molecule has 1 aliphatic rings. The molecule has 2 N–H and O–H groups in total. The van der Waals surface area contributed by atoms with Crippen LogP contribution in [0.25, 0.3) is 0 Å². The minimum absolute atomic E-state index is 0.170. The summed E-state index contributed by atoms with van der Waals surface area (Å²) in [5.74, 6) is 1.15. The van der Waals surface area contributed by atoms with Crippen molar-refractivity contribution in [3.8, 4) is 5.75 Å². The van der Waals surface area contributed by atoms with Crippen molar-refractivity contribution in [1.29, 1.82) is 0 Å². The molecule has 112 valence electrons. The summed E-state index contributed by atoms with van der Waals surface area (Å²) >= 11 is 1.38. The number of H-pyrrole nitrogens is 1. The lowest BCUT2D eigenvalue weighted by Gasteiger charge is -2.11. The average molecular weight is 307 g/mol. The van der Waals surface area contributed by atoms with E-state index >= 15 is 0 Å². The van der Waals surface area contributed by atoms with Crippen molar-refractivity contribution in [2.24, 2.45) is 0 Å². The van der Waals surface area contributed by atoms with Crippen LogP contribution in [-0.4, -0.2) is 32.7 Å². The number of aliphatic hydroxyl groups is 1. The van der Waals surface area contributed by atoms with Crippen LogP contribution >= 0.6 is 11.8 Å². The molecule has 3 rings (SSSR count). The number of hydrogen-bond donors (Lipinski definition) is 2. The molecule has 7 heteroatoms. The van der Waals surface area contributed by atoms with Gasteiger partial charge in [-0.2, -0.15) is 0 Å². The second-order valence-corrected chi connectivity index (χ2v) is 6.00. The monoisotopic (exact) mass is 307 g/mol. The average Bonchev–Trinajstić information content (AvgIpc) is 3.28. The maximum absolute atomic E-state index is 11.7. The van der Waals surface area contributed by atoms with Crippen LogP contribution < -0.4 is 10.4 Å². The van der Waals surface area contributed by atoms with Gasteiger partial charge in [-0.15, -0.1) is 5.10 Å². The third kappa shape index (κ3) is 3.14. The van der Waals surface area contributed by atoms with Gasteiger partial charge in [0, 0.05) is 11.8 Å². The molecular weight excluding hydrogens is 290 g/mol. The lowest BCUT2D eigenvalue weighted by molar-refractivity contribution is 0.203. The molecule has 6 nitrogen and oxygen atoms in total. The summed E-state index contributed by atoms with van der Waals surface area (Å²) in [7, 11) is 1.60. The zero-order chi connectivity index (χ0) is 14.8. The van der Waals surface area contributed by atoms with Crippen molar-refractivity contribution in [3.63, 3.8) is 0 Å². The van der Waals surface area contributed by atoms with E-state index in [9.17, 15) is 9.90 Å². The fraction of sp³-hybridized carbons (Fsp3) is 0.429. The first-order chi connectivity index (χ1) is 10.2. The molecule has 0 spiro atoms. The highest BCUT2D eigenvalue weighted by molar-refractivity contribution is 7.99. The van der Waals surface area contributed by atoms with E-state index in [0.717, 1.165) is 18.4 Å². The van der Waals surface area contributed by atoms with Crippen molar-refractivity contribution in [2.45, 2.75) is 30.1 Å². The van der Waals surface area contributed by atoms with Gasteiger partial charge in [-0.05, 0) is 30.5 Å². The number of methoxy groups -OCH3 is 1. The van der Waals surface area contributed by atoms with E-state index in [0.29, 0.717) is 16.7 Å². The highest BCUT2D eigenvalue weighted by Crippen LogP contribution is 2.36. The lowest BCUT2D eigenvalue weighted by Crippen LogP contribution is -2.16. The maximum atomic E-state index is 11.7. The molecule has 1 saturated carbocycles. The first-order valence-corrected chi connectivity index (χ1v) is 7.79. The second kappa shape index (κ2) is 5.95. The van der Waals surface area contributed by atoms with Crippen LogP contribution in [0.5, 0.6) is 5.75 Å². The molecule has 0 aliphatic heterocycles. The Kier molecular flexibility index (Phi) is 4.03. The van der Waals surface area contributed by atoms with Crippen LogP contribution in [-0.2, 0) is 0 Å². The molecule has 1 fully saturated rings. The molecule has 0 unspecified atom stereocenters. The predicted octanol–water partition coefficient (Wildman–Crippen LogP) is 1.74. The van der Waals surface area contributed by atoms with E-state index in [1.165, 1.54) is 11.8 Å². The van der Waals surface area contributed by atoms with Crippen LogP contribution in [0.2, 0.25) is 0 Å².